The van der Waals surface area contributed by atoms with E-state index in [1.165, 1.54) is 12.1 Å². The lowest BCUT2D eigenvalue weighted by atomic mass is 10.2. The Morgan fingerprint density at radius 3 is 2.77 bits per heavy atom. The van der Waals surface area contributed by atoms with E-state index < -0.39 is 0 Å². The normalized spacial score (nSPS) is 12.1. The molecular weight excluding hydrogens is 285 g/mol. The van der Waals surface area contributed by atoms with E-state index in [-0.39, 0.29) is 17.8 Å². The minimum Gasteiger partial charge on any atom is -0.354 e. The lowest BCUT2D eigenvalue weighted by Gasteiger charge is -2.10. The number of nitrogens with one attached hydrogen (secondary N) is 1. The largest absolute Gasteiger partial charge is 0.354 e. The zero-order chi connectivity index (χ0) is 15.9. The summed E-state index contributed by atoms with van der Waals surface area (Å²) in [5, 5.41) is 6.78. The molecule has 0 aliphatic rings. The maximum absolute atomic E-state index is 12.9. The first-order valence-corrected chi connectivity index (χ1v) is 7.46. The molecule has 1 amide bonds. The van der Waals surface area contributed by atoms with Gasteiger partial charge in [0.05, 0.1) is 0 Å². The summed E-state index contributed by atoms with van der Waals surface area (Å²) in [6.07, 6.45) is 2.53. The number of rotatable bonds is 7. The molecule has 118 valence electrons. The lowest BCUT2D eigenvalue weighted by Crippen LogP contribution is -2.31. The van der Waals surface area contributed by atoms with Gasteiger partial charge in [-0.05, 0) is 44.0 Å². The quantitative estimate of drug-likeness (QED) is 0.853. The van der Waals surface area contributed by atoms with E-state index in [2.05, 4.69) is 15.5 Å². The van der Waals surface area contributed by atoms with Gasteiger partial charge in [0.2, 0.25) is 17.6 Å². The van der Waals surface area contributed by atoms with E-state index in [0.717, 1.165) is 6.42 Å². The van der Waals surface area contributed by atoms with Crippen molar-refractivity contribution in [1.82, 2.24) is 15.5 Å². The maximum atomic E-state index is 12.9. The van der Waals surface area contributed by atoms with Crippen LogP contribution in [-0.4, -0.2) is 22.1 Å². The summed E-state index contributed by atoms with van der Waals surface area (Å²) >= 11 is 0. The average molecular weight is 305 g/mol. The fraction of sp³-hybridized carbons (Fsp3) is 0.438. The highest BCUT2D eigenvalue weighted by Gasteiger charge is 2.10. The van der Waals surface area contributed by atoms with E-state index in [1.54, 1.807) is 12.1 Å². The number of nitrogens with zero attached hydrogens (tertiary/aromatic N) is 2. The Morgan fingerprint density at radius 2 is 2.09 bits per heavy atom. The van der Waals surface area contributed by atoms with Gasteiger partial charge in [-0.1, -0.05) is 12.1 Å². The number of halogens is 1. The predicted octanol–water partition coefficient (Wildman–Crippen LogP) is 3.11. The van der Waals surface area contributed by atoms with E-state index >= 15 is 0 Å². The monoisotopic (exact) mass is 305 g/mol. The Balaban J connectivity index is 1.82. The smallest absolute Gasteiger partial charge is 0.226 e. The fourth-order valence-electron chi connectivity index (χ4n) is 1.92. The number of carbonyl (C=O) groups excluding carboxylic acids is 1. The molecule has 6 heteroatoms. The molecule has 2 rings (SSSR count). The molecule has 2 aromatic rings. The molecule has 0 saturated carbocycles. The van der Waals surface area contributed by atoms with Gasteiger partial charge in [-0.2, -0.15) is 4.98 Å². The topological polar surface area (TPSA) is 68.0 Å². The van der Waals surface area contributed by atoms with Gasteiger partial charge in [-0.25, -0.2) is 4.39 Å². The van der Waals surface area contributed by atoms with Crippen molar-refractivity contribution in [2.24, 2.45) is 0 Å². The van der Waals surface area contributed by atoms with Crippen LogP contribution in [0.15, 0.2) is 28.8 Å². The van der Waals surface area contributed by atoms with Crippen molar-refractivity contribution in [2.45, 2.75) is 45.6 Å². The van der Waals surface area contributed by atoms with Crippen LogP contribution in [-0.2, 0) is 11.2 Å². The van der Waals surface area contributed by atoms with Crippen molar-refractivity contribution < 1.29 is 13.7 Å². The summed E-state index contributed by atoms with van der Waals surface area (Å²) < 4.78 is 18.0. The number of aromatic nitrogens is 2. The molecule has 0 fully saturated rings. The van der Waals surface area contributed by atoms with Crippen LogP contribution in [0.3, 0.4) is 0 Å². The number of hydrogen-bond acceptors (Lipinski definition) is 4. The van der Waals surface area contributed by atoms with Crippen LogP contribution in [0.2, 0.25) is 0 Å². The van der Waals surface area contributed by atoms with Crippen LogP contribution >= 0.6 is 0 Å². The first-order valence-electron chi connectivity index (χ1n) is 7.46. The van der Waals surface area contributed by atoms with Crippen molar-refractivity contribution in [1.29, 1.82) is 0 Å². The predicted molar refractivity (Wildman–Crippen MR) is 80.5 cm³/mol. The van der Waals surface area contributed by atoms with Crippen LogP contribution in [0.5, 0.6) is 0 Å². The Bertz CT molecular complexity index is 610. The minimum atomic E-state index is -0.306. The average Bonchev–Trinajstić information content (AvgIpc) is 2.96. The van der Waals surface area contributed by atoms with Gasteiger partial charge in [0.1, 0.15) is 5.82 Å². The molecule has 1 unspecified atom stereocenters. The highest BCUT2D eigenvalue weighted by Crippen LogP contribution is 2.16. The second-order valence-electron chi connectivity index (χ2n) is 5.25. The summed E-state index contributed by atoms with van der Waals surface area (Å²) in [5.74, 6) is 0.641. The number of hydrogen-bond donors (Lipinski definition) is 1. The van der Waals surface area contributed by atoms with E-state index in [1.807, 2.05) is 13.8 Å². The third-order valence-electron chi connectivity index (χ3n) is 3.38. The Morgan fingerprint density at radius 1 is 1.36 bits per heavy atom. The second kappa shape index (κ2) is 7.68. The van der Waals surface area contributed by atoms with Crippen molar-refractivity contribution in [2.75, 3.05) is 0 Å². The molecule has 1 atom stereocenters. The number of benzene rings is 1. The van der Waals surface area contributed by atoms with Crippen molar-refractivity contribution >= 4 is 5.91 Å². The molecule has 22 heavy (non-hydrogen) atoms. The molecule has 5 nitrogen and oxygen atoms in total. The van der Waals surface area contributed by atoms with Crippen LogP contribution in [0.25, 0.3) is 11.4 Å². The summed E-state index contributed by atoms with van der Waals surface area (Å²) in [4.78, 5) is 15.9. The Labute approximate surface area is 128 Å². The van der Waals surface area contributed by atoms with E-state index in [4.69, 9.17) is 4.52 Å². The third-order valence-corrected chi connectivity index (χ3v) is 3.38. The molecule has 1 aromatic carbocycles. The molecule has 0 aliphatic carbocycles. The van der Waals surface area contributed by atoms with Crippen molar-refractivity contribution in [3.05, 3.63) is 36.0 Å². The molecule has 0 bridgehead atoms. The van der Waals surface area contributed by atoms with Gasteiger partial charge in [-0.15, -0.1) is 0 Å². The highest BCUT2D eigenvalue weighted by molar-refractivity contribution is 5.76. The molecule has 1 heterocycles. The zero-order valence-corrected chi connectivity index (χ0v) is 12.8. The van der Waals surface area contributed by atoms with Crippen LogP contribution < -0.4 is 5.32 Å². The minimum absolute atomic E-state index is 0.0348. The third kappa shape index (κ3) is 4.65. The molecule has 1 N–H and O–H groups in total. The second-order valence-corrected chi connectivity index (χ2v) is 5.25. The van der Waals surface area contributed by atoms with E-state index in [9.17, 15) is 9.18 Å². The van der Waals surface area contributed by atoms with E-state index in [0.29, 0.717) is 36.5 Å². The molecule has 0 radical (unpaired) electrons. The Kier molecular flexibility index (Phi) is 5.63. The first kappa shape index (κ1) is 16.1. The summed E-state index contributed by atoms with van der Waals surface area (Å²) in [7, 11) is 0. The van der Waals surface area contributed by atoms with Crippen molar-refractivity contribution in [3.63, 3.8) is 0 Å². The summed E-state index contributed by atoms with van der Waals surface area (Å²) in [6, 6.07) is 6.10. The standard InChI is InChI=1S/C16H20FN3O2/c1-3-11(2)18-14(21)5-4-6-15-19-16(20-22-15)12-7-9-13(17)10-8-12/h7-11H,3-6H2,1-2H3,(H,18,21). The van der Waals surface area contributed by atoms with Crippen LogP contribution in [0, 0.1) is 5.82 Å². The highest BCUT2D eigenvalue weighted by atomic mass is 19.1. The fourth-order valence-corrected chi connectivity index (χ4v) is 1.92. The van der Waals surface area contributed by atoms with Crippen LogP contribution in [0.1, 0.15) is 39.0 Å². The SMILES string of the molecule is CCC(C)NC(=O)CCCc1nc(-c2ccc(F)cc2)no1. The van der Waals surface area contributed by atoms with Gasteiger partial charge in [0, 0.05) is 24.4 Å². The maximum Gasteiger partial charge on any atom is 0.226 e. The first-order chi connectivity index (χ1) is 10.6. The van der Waals surface area contributed by atoms with Gasteiger partial charge >= 0.3 is 0 Å². The summed E-state index contributed by atoms with van der Waals surface area (Å²) in [6.45, 7) is 4.01. The molecule has 0 saturated heterocycles. The molecular formula is C16H20FN3O2. The molecule has 0 spiro atoms. The van der Waals surface area contributed by atoms with Gasteiger partial charge in [0.15, 0.2) is 0 Å². The van der Waals surface area contributed by atoms with Crippen molar-refractivity contribution in [3.8, 4) is 11.4 Å². The van der Waals surface area contributed by atoms with Gasteiger partial charge in [0.25, 0.3) is 0 Å². The molecule has 0 aliphatic heterocycles. The lowest BCUT2D eigenvalue weighted by molar-refractivity contribution is -0.121. The number of aryl methyl sites for hydroxylation is 1. The van der Waals surface area contributed by atoms with Gasteiger partial charge in [-0.3, -0.25) is 4.79 Å². The molecule has 1 aromatic heterocycles. The number of carbonyl (C=O) groups is 1. The number of amides is 1. The summed E-state index contributed by atoms with van der Waals surface area (Å²) in [5.41, 5.74) is 0.700. The Hall–Kier alpha value is -2.24. The van der Waals surface area contributed by atoms with Gasteiger partial charge < -0.3 is 9.84 Å². The van der Waals surface area contributed by atoms with Crippen LogP contribution in [0.4, 0.5) is 4.39 Å². The zero-order valence-electron chi connectivity index (χ0n) is 12.8.